The third-order valence-electron chi connectivity index (χ3n) is 5.57. The summed E-state index contributed by atoms with van der Waals surface area (Å²) >= 11 is 3.37. The molecule has 0 spiro atoms. The van der Waals surface area contributed by atoms with E-state index in [0.29, 0.717) is 6.42 Å². The molecule has 2 atom stereocenters. The normalized spacial score (nSPS) is 13.3. The van der Waals surface area contributed by atoms with Crippen LogP contribution in [0.15, 0.2) is 53.0 Å². The van der Waals surface area contributed by atoms with Gasteiger partial charge < -0.3 is 10.2 Å². The van der Waals surface area contributed by atoms with E-state index < -0.39 is 34.5 Å². The topological polar surface area (TPSA) is 90.0 Å². The van der Waals surface area contributed by atoms with Crippen LogP contribution in [0, 0.1) is 5.82 Å². The summed E-state index contributed by atoms with van der Waals surface area (Å²) in [6, 6.07) is 11.6. The molecule has 0 aromatic heterocycles. The van der Waals surface area contributed by atoms with Crippen LogP contribution in [0.4, 0.5) is 10.1 Å². The van der Waals surface area contributed by atoms with Gasteiger partial charge in [-0.2, -0.15) is 12.7 Å². The molecule has 2 aromatic rings. The summed E-state index contributed by atoms with van der Waals surface area (Å²) in [4.78, 5) is 27.8. The first kappa shape index (κ1) is 28.7. The maximum atomic E-state index is 14.6. The highest BCUT2D eigenvalue weighted by atomic mass is 79.9. The second-order valence-corrected chi connectivity index (χ2v) is 11.4. The van der Waals surface area contributed by atoms with Gasteiger partial charge in [0.2, 0.25) is 11.8 Å². The van der Waals surface area contributed by atoms with Crippen molar-refractivity contribution in [3.8, 4) is 0 Å². The van der Waals surface area contributed by atoms with Crippen LogP contribution in [0.5, 0.6) is 0 Å². The molecule has 8 nitrogen and oxygen atoms in total. The first-order valence-corrected chi connectivity index (χ1v) is 13.4. The van der Waals surface area contributed by atoms with Crippen LogP contribution in [0.25, 0.3) is 0 Å². The molecule has 2 rings (SSSR count). The van der Waals surface area contributed by atoms with Gasteiger partial charge in [-0.3, -0.25) is 9.59 Å². The number of carbonyl (C=O) groups excluding carboxylic acids is 2. The molecule has 1 N–H and O–H groups in total. The smallest absolute Gasteiger partial charge is 0.304 e. The second kappa shape index (κ2) is 12.5. The predicted molar refractivity (Wildman–Crippen MR) is 138 cm³/mol. The Hall–Kier alpha value is -2.50. The predicted octanol–water partition coefficient (Wildman–Crippen LogP) is 3.53. The standard InChI is InChI=1S/C24H32BrFN4O4S/c1-6-17(2)27-24(32)18(3)29(15-19-11-13-20(25)14-12-19)23(31)16-30(35(33,34)28(4)5)22-10-8-7-9-21(22)26/h7-14,17-18H,6,15-16H2,1-5H3,(H,27,32)/t17-,18+/m1/s1. The van der Waals surface area contributed by atoms with Crippen LogP contribution >= 0.6 is 15.9 Å². The fraction of sp³-hybridized carbons (Fsp3) is 0.417. The number of anilines is 1. The third kappa shape index (κ3) is 7.49. The lowest BCUT2D eigenvalue weighted by Crippen LogP contribution is -2.53. The quantitative estimate of drug-likeness (QED) is 0.447. The summed E-state index contributed by atoms with van der Waals surface area (Å²) in [5.74, 6) is -1.79. The van der Waals surface area contributed by atoms with Crippen LogP contribution in [-0.2, 0) is 26.3 Å². The Kier molecular flexibility index (Phi) is 10.2. The maximum Gasteiger partial charge on any atom is 0.304 e. The van der Waals surface area contributed by atoms with Crippen molar-refractivity contribution in [3.05, 3.63) is 64.4 Å². The Bertz CT molecular complexity index is 1130. The van der Waals surface area contributed by atoms with Crippen molar-refractivity contribution in [2.75, 3.05) is 24.9 Å². The summed E-state index contributed by atoms with van der Waals surface area (Å²) in [6.45, 7) is 4.75. The Labute approximate surface area is 215 Å². The van der Waals surface area contributed by atoms with E-state index in [9.17, 15) is 22.4 Å². The number of hydrogen-bond acceptors (Lipinski definition) is 4. The zero-order chi connectivity index (χ0) is 26.3. The summed E-state index contributed by atoms with van der Waals surface area (Å²) in [5.41, 5.74) is 0.493. The van der Waals surface area contributed by atoms with Crippen LogP contribution in [-0.4, -0.2) is 62.2 Å². The number of carbonyl (C=O) groups is 2. The number of nitrogens with zero attached hydrogens (tertiary/aromatic N) is 3. The highest BCUT2D eigenvalue weighted by Crippen LogP contribution is 2.24. The largest absolute Gasteiger partial charge is 0.352 e. The SMILES string of the molecule is CC[C@@H](C)NC(=O)[C@H](C)N(Cc1ccc(Br)cc1)C(=O)CN(c1ccccc1F)S(=O)(=O)N(C)C. The van der Waals surface area contributed by atoms with Gasteiger partial charge in [0.1, 0.15) is 18.4 Å². The molecule has 0 unspecified atom stereocenters. The first-order chi connectivity index (χ1) is 16.4. The minimum Gasteiger partial charge on any atom is -0.352 e. The molecular weight excluding hydrogens is 539 g/mol. The lowest BCUT2D eigenvalue weighted by molar-refractivity contribution is -0.139. The third-order valence-corrected chi connectivity index (χ3v) is 7.91. The van der Waals surface area contributed by atoms with E-state index in [1.54, 1.807) is 19.1 Å². The van der Waals surface area contributed by atoms with Crippen molar-refractivity contribution >= 4 is 43.6 Å². The van der Waals surface area contributed by atoms with Gasteiger partial charge >= 0.3 is 10.2 Å². The Morgan fingerprint density at radius 2 is 1.66 bits per heavy atom. The number of rotatable bonds is 11. The van der Waals surface area contributed by atoms with Gasteiger partial charge in [0, 0.05) is 31.2 Å². The van der Waals surface area contributed by atoms with Gasteiger partial charge in [-0.1, -0.05) is 47.1 Å². The fourth-order valence-electron chi connectivity index (χ4n) is 3.19. The molecule has 2 amide bonds. The van der Waals surface area contributed by atoms with E-state index in [-0.39, 0.29) is 24.2 Å². The van der Waals surface area contributed by atoms with Gasteiger partial charge in [0.05, 0.1) is 5.69 Å². The first-order valence-electron chi connectivity index (χ1n) is 11.2. The fourth-order valence-corrected chi connectivity index (χ4v) is 4.52. The highest BCUT2D eigenvalue weighted by molar-refractivity contribution is 9.10. The lowest BCUT2D eigenvalue weighted by Gasteiger charge is -2.33. The molecule has 0 fully saturated rings. The van der Waals surface area contributed by atoms with Crippen LogP contribution in [0.3, 0.4) is 0 Å². The van der Waals surface area contributed by atoms with E-state index in [1.807, 2.05) is 26.0 Å². The molecule has 0 radical (unpaired) electrons. The van der Waals surface area contributed by atoms with Gasteiger partial charge in [-0.25, -0.2) is 8.70 Å². The van der Waals surface area contributed by atoms with Crippen molar-refractivity contribution in [1.82, 2.24) is 14.5 Å². The molecule has 192 valence electrons. The molecule has 0 aliphatic carbocycles. The molecule has 11 heteroatoms. The summed E-state index contributed by atoms with van der Waals surface area (Å²) in [7, 11) is -1.62. The Morgan fingerprint density at radius 3 is 2.20 bits per heavy atom. The van der Waals surface area contributed by atoms with Crippen molar-refractivity contribution < 1.29 is 22.4 Å². The van der Waals surface area contributed by atoms with E-state index in [2.05, 4.69) is 21.2 Å². The zero-order valence-electron chi connectivity index (χ0n) is 20.5. The molecule has 0 aliphatic rings. The number of benzene rings is 2. The van der Waals surface area contributed by atoms with Crippen molar-refractivity contribution in [3.63, 3.8) is 0 Å². The summed E-state index contributed by atoms with van der Waals surface area (Å²) in [5, 5.41) is 2.86. The number of nitrogens with one attached hydrogen (secondary N) is 1. The van der Waals surface area contributed by atoms with Crippen molar-refractivity contribution in [2.45, 2.75) is 45.8 Å². The number of para-hydroxylation sites is 1. The maximum absolute atomic E-state index is 14.6. The van der Waals surface area contributed by atoms with Crippen molar-refractivity contribution in [1.29, 1.82) is 0 Å². The van der Waals surface area contributed by atoms with Gasteiger partial charge in [0.15, 0.2) is 0 Å². The lowest BCUT2D eigenvalue weighted by atomic mass is 10.1. The molecule has 0 bridgehead atoms. The Balaban J connectivity index is 2.46. The summed E-state index contributed by atoms with van der Waals surface area (Å²) in [6.07, 6.45) is 0.710. The Morgan fingerprint density at radius 1 is 1.06 bits per heavy atom. The molecule has 35 heavy (non-hydrogen) atoms. The number of hydrogen-bond donors (Lipinski definition) is 1. The minimum atomic E-state index is -4.22. The monoisotopic (exact) mass is 570 g/mol. The van der Waals surface area contributed by atoms with Gasteiger partial charge in [-0.15, -0.1) is 0 Å². The van der Waals surface area contributed by atoms with Crippen LogP contribution < -0.4 is 9.62 Å². The van der Waals surface area contributed by atoms with Crippen LogP contribution in [0.2, 0.25) is 0 Å². The van der Waals surface area contributed by atoms with E-state index in [4.69, 9.17) is 0 Å². The number of amides is 2. The summed E-state index contributed by atoms with van der Waals surface area (Å²) < 4.78 is 43.2. The molecule has 0 saturated carbocycles. The van der Waals surface area contributed by atoms with E-state index >= 15 is 0 Å². The highest BCUT2D eigenvalue weighted by Gasteiger charge is 2.33. The van der Waals surface area contributed by atoms with E-state index in [0.717, 1.165) is 24.7 Å². The molecule has 2 aromatic carbocycles. The van der Waals surface area contributed by atoms with Gasteiger partial charge in [-0.05, 0) is 50.1 Å². The number of halogens is 2. The zero-order valence-corrected chi connectivity index (χ0v) is 22.9. The van der Waals surface area contributed by atoms with Crippen molar-refractivity contribution in [2.24, 2.45) is 0 Å². The molecular formula is C24H32BrFN4O4S. The molecule has 0 saturated heterocycles. The molecule has 0 aliphatic heterocycles. The molecule has 0 heterocycles. The van der Waals surface area contributed by atoms with Crippen LogP contribution in [0.1, 0.15) is 32.8 Å². The minimum absolute atomic E-state index is 0.0638. The average molecular weight is 572 g/mol. The second-order valence-electron chi connectivity index (χ2n) is 8.39. The average Bonchev–Trinajstić information content (AvgIpc) is 2.81. The van der Waals surface area contributed by atoms with E-state index in [1.165, 1.54) is 37.2 Å². The van der Waals surface area contributed by atoms with Gasteiger partial charge in [0.25, 0.3) is 0 Å².